The molecule has 5 nitrogen and oxygen atoms in total. The van der Waals surface area contributed by atoms with E-state index in [1.807, 2.05) is 30.3 Å². The summed E-state index contributed by atoms with van der Waals surface area (Å²) >= 11 is 6.00. The third kappa shape index (κ3) is 4.51. The first-order valence-electron chi connectivity index (χ1n) is 9.99. The Hall–Kier alpha value is -2.24. The van der Waals surface area contributed by atoms with E-state index in [1.165, 1.54) is 0 Å². The van der Waals surface area contributed by atoms with Crippen LogP contribution < -0.4 is 14.8 Å². The van der Waals surface area contributed by atoms with Gasteiger partial charge in [-0.15, -0.1) is 0 Å². The summed E-state index contributed by atoms with van der Waals surface area (Å²) in [5.74, 6) is 1.25. The van der Waals surface area contributed by atoms with Gasteiger partial charge in [0.2, 0.25) is 0 Å². The number of hydrogen-bond acceptors (Lipinski definition) is 4. The van der Waals surface area contributed by atoms with Crippen molar-refractivity contribution < 1.29 is 19.0 Å². The largest absolute Gasteiger partial charge is 0.493 e. The smallest absolute Gasteiger partial charge is 0.251 e. The third-order valence-electron chi connectivity index (χ3n) is 5.57. The lowest BCUT2D eigenvalue weighted by Crippen LogP contribution is -2.38. The average molecular weight is 416 g/mol. The summed E-state index contributed by atoms with van der Waals surface area (Å²) in [6.45, 7) is 3.47. The van der Waals surface area contributed by atoms with E-state index in [0.717, 1.165) is 41.2 Å². The minimum Gasteiger partial charge on any atom is -0.493 e. The van der Waals surface area contributed by atoms with E-state index in [1.54, 1.807) is 13.2 Å². The van der Waals surface area contributed by atoms with Gasteiger partial charge in [-0.05, 0) is 49.6 Å². The molecular weight excluding hydrogens is 390 g/mol. The predicted octanol–water partition coefficient (Wildman–Crippen LogP) is 4.19. The highest BCUT2D eigenvalue weighted by Gasteiger charge is 2.37. The first kappa shape index (κ1) is 20.0. The summed E-state index contributed by atoms with van der Waals surface area (Å²) in [7, 11) is 1.61. The van der Waals surface area contributed by atoms with Crippen LogP contribution in [0.3, 0.4) is 0 Å². The van der Waals surface area contributed by atoms with Gasteiger partial charge in [-0.25, -0.2) is 0 Å². The average Bonchev–Trinajstić information content (AvgIpc) is 3.05. The minimum absolute atomic E-state index is 0.0793. The van der Waals surface area contributed by atoms with Gasteiger partial charge in [0, 0.05) is 48.2 Å². The van der Waals surface area contributed by atoms with Gasteiger partial charge in [0.25, 0.3) is 5.91 Å². The molecule has 0 radical (unpaired) electrons. The van der Waals surface area contributed by atoms with E-state index in [9.17, 15) is 4.79 Å². The van der Waals surface area contributed by atoms with Gasteiger partial charge in [0.05, 0.1) is 7.11 Å². The maximum absolute atomic E-state index is 12.8. The molecule has 1 saturated heterocycles. The quantitative estimate of drug-likeness (QED) is 0.795. The summed E-state index contributed by atoms with van der Waals surface area (Å²) in [5.41, 5.74) is 2.35. The lowest BCUT2D eigenvalue weighted by atomic mass is 9.91. The molecule has 2 aliphatic rings. The summed E-state index contributed by atoms with van der Waals surface area (Å²) < 4.78 is 17.3. The molecule has 1 N–H and O–H groups in total. The fourth-order valence-electron chi connectivity index (χ4n) is 4.12. The summed E-state index contributed by atoms with van der Waals surface area (Å²) in [5, 5.41) is 3.83. The second kappa shape index (κ2) is 8.25. The van der Waals surface area contributed by atoms with Crippen molar-refractivity contribution in [3.8, 4) is 11.5 Å². The SMILES string of the molecule is COc1cc(C(=O)NC2CCOCC2)cc2c1OC(C)(Cc1ccc(Cl)cc1)C2. The molecule has 2 heterocycles. The zero-order chi connectivity index (χ0) is 20.4. The zero-order valence-corrected chi connectivity index (χ0v) is 17.6. The van der Waals surface area contributed by atoms with Crippen LogP contribution in [0.15, 0.2) is 36.4 Å². The molecule has 29 heavy (non-hydrogen) atoms. The normalized spacial score (nSPS) is 21.3. The van der Waals surface area contributed by atoms with E-state index in [4.69, 9.17) is 25.8 Å². The van der Waals surface area contributed by atoms with Gasteiger partial charge in [-0.1, -0.05) is 23.7 Å². The Labute approximate surface area is 176 Å². The number of hydrogen-bond donors (Lipinski definition) is 1. The molecule has 0 aromatic heterocycles. The van der Waals surface area contributed by atoms with Gasteiger partial charge < -0.3 is 19.5 Å². The van der Waals surface area contributed by atoms with Crippen molar-refractivity contribution in [2.24, 2.45) is 0 Å². The van der Waals surface area contributed by atoms with Crippen molar-refractivity contribution in [1.29, 1.82) is 0 Å². The number of carbonyl (C=O) groups excluding carboxylic acids is 1. The van der Waals surface area contributed by atoms with Crippen LogP contribution in [0.4, 0.5) is 0 Å². The maximum atomic E-state index is 12.8. The van der Waals surface area contributed by atoms with E-state index in [-0.39, 0.29) is 11.9 Å². The molecule has 0 saturated carbocycles. The highest BCUT2D eigenvalue weighted by atomic mass is 35.5. The molecule has 2 aromatic carbocycles. The van der Waals surface area contributed by atoms with Crippen molar-refractivity contribution in [2.75, 3.05) is 20.3 Å². The standard InChI is InChI=1S/C23H26ClNO4/c1-23(13-15-3-5-18(24)6-4-15)14-17-11-16(12-20(27-2)21(17)29-23)22(26)25-19-7-9-28-10-8-19/h3-6,11-12,19H,7-10,13-14H2,1-2H3,(H,25,26). The fraction of sp³-hybridized carbons (Fsp3) is 0.435. The molecule has 1 amide bonds. The van der Waals surface area contributed by atoms with Crippen LogP contribution >= 0.6 is 11.6 Å². The monoisotopic (exact) mass is 415 g/mol. The van der Waals surface area contributed by atoms with Crippen LogP contribution in [0.2, 0.25) is 5.02 Å². The molecule has 154 valence electrons. The highest BCUT2D eigenvalue weighted by Crippen LogP contribution is 2.44. The first-order chi connectivity index (χ1) is 14.0. The zero-order valence-electron chi connectivity index (χ0n) is 16.8. The van der Waals surface area contributed by atoms with Crippen molar-refractivity contribution in [2.45, 2.75) is 44.2 Å². The fourth-order valence-corrected chi connectivity index (χ4v) is 4.24. The van der Waals surface area contributed by atoms with Crippen LogP contribution in [0.1, 0.15) is 41.3 Å². The molecule has 1 fully saturated rings. The number of amides is 1. The number of halogens is 1. The molecular formula is C23H26ClNO4. The number of methoxy groups -OCH3 is 1. The summed E-state index contributed by atoms with van der Waals surface area (Å²) in [6, 6.07) is 11.7. The van der Waals surface area contributed by atoms with Crippen LogP contribution in [-0.2, 0) is 17.6 Å². The lowest BCUT2D eigenvalue weighted by molar-refractivity contribution is 0.0696. The van der Waals surface area contributed by atoms with Crippen molar-refractivity contribution in [3.05, 3.63) is 58.1 Å². The molecule has 0 spiro atoms. The topological polar surface area (TPSA) is 56.8 Å². The van der Waals surface area contributed by atoms with Gasteiger partial charge in [-0.3, -0.25) is 4.79 Å². The van der Waals surface area contributed by atoms with Crippen molar-refractivity contribution >= 4 is 17.5 Å². The van der Waals surface area contributed by atoms with Crippen LogP contribution in [0, 0.1) is 0 Å². The molecule has 0 aliphatic carbocycles. The molecule has 4 rings (SSSR count). The van der Waals surface area contributed by atoms with Gasteiger partial charge in [0.1, 0.15) is 5.60 Å². The molecule has 6 heteroatoms. The number of fused-ring (bicyclic) bond motifs is 1. The Morgan fingerprint density at radius 3 is 2.66 bits per heavy atom. The first-order valence-corrected chi connectivity index (χ1v) is 10.4. The predicted molar refractivity (Wildman–Crippen MR) is 112 cm³/mol. The van der Waals surface area contributed by atoms with Gasteiger partial charge in [-0.2, -0.15) is 0 Å². The van der Waals surface area contributed by atoms with Crippen LogP contribution in [0.5, 0.6) is 11.5 Å². The second-order valence-electron chi connectivity index (χ2n) is 8.06. The van der Waals surface area contributed by atoms with Crippen LogP contribution in [-0.4, -0.2) is 37.9 Å². The Bertz CT molecular complexity index is 892. The number of nitrogens with one attached hydrogen (secondary N) is 1. The van der Waals surface area contributed by atoms with Gasteiger partial charge in [0.15, 0.2) is 11.5 Å². The van der Waals surface area contributed by atoms with E-state index in [0.29, 0.717) is 30.9 Å². The van der Waals surface area contributed by atoms with Crippen molar-refractivity contribution in [3.63, 3.8) is 0 Å². The second-order valence-corrected chi connectivity index (χ2v) is 8.50. The Morgan fingerprint density at radius 2 is 1.97 bits per heavy atom. The number of benzene rings is 2. The number of carbonyl (C=O) groups is 1. The minimum atomic E-state index is -0.404. The Kier molecular flexibility index (Phi) is 5.70. The summed E-state index contributed by atoms with van der Waals surface area (Å²) in [6.07, 6.45) is 3.14. The molecule has 1 atom stereocenters. The molecule has 2 aromatic rings. The lowest BCUT2D eigenvalue weighted by Gasteiger charge is -2.24. The number of ether oxygens (including phenoxy) is 3. The molecule has 0 bridgehead atoms. The van der Waals surface area contributed by atoms with E-state index < -0.39 is 5.60 Å². The van der Waals surface area contributed by atoms with E-state index >= 15 is 0 Å². The Balaban J connectivity index is 1.53. The van der Waals surface area contributed by atoms with Crippen molar-refractivity contribution in [1.82, 2.24) is 5.32 Å². The van der Waals surface area contributed by atoms with E-state index in [2.05, 4.69) is 12.2 Å². The highest BCUT2D eigenvalue weighted by molar-refractivity contribution is 6.30. The number of rotatable bonds is 5. The van der Waals surface area contributed by atoms with Crippen LogP contribution in [0.25, 0.3) is 0 Å². The third-order valence-corrected chi connectivity index (χ3v) is 5.83. The summed E-state index contributed by atoms with van der Waals surface area (Å²) in [4.78, 5) is 12.8. The Morgan fingerprint density at radius 1 is 1.24 bits per heavy atom. The molecule has 2 aliphatic heterocycles. The molecule has 1 unspecified atom stereocenters. The maximum Gasteiger partial charge on any atom is 0.251 e. The van der Waals surface area contributed by atoms with Gasteiger partial charge >= 0.3 is 0 Å².